The van der Waals surface area contributed by atoms with Crippen molar-refractivity contribution in [2.45, 2.75) is 26.6 Å². The maximum atomic E-state index is 12.2. The number of hydrogen-bond acceptors (Lipinski definition) is 3. The van der Waals surface area contributed by atoms with Crippen molar-refractivity contribution in [1.29, 1.82) is 0 Å². The molecule has 4 nitrogen and oxygen atoms in total. The fourth-order valence-corrected chi connectivity index (χ4v) is 1.68. The third kappa shape index (κ3) is 3.67. The van der Waals surface area contributed by atoms with Gasteiger partial charge in [0.05, 0.1) is 11.9 Å². The Balaban J connectivity index is 2.02. The highest BCUT2D eigenvalue weighted by Crippen LogP contribution is 2.25. The number of para-hydroxylation sites is 2. The van der Waals surface area contributed by atoms with E-state index >= 15 is 0 Å². The molecule has 0 saturated heterocycles. The molecular formula is C13H15F2N3O. The second-order valence-electron chi connectivity index (χ2n) is 3.93. The summed E-state index contributed by atoms with van der Waals surface area (Å²) in [6.07, 6.45) is 3.65. The first kappa shape index (κ1) is 13.3. The zero-order valence-electron chi connectivity index (χ0n) is 10.5. The van der Waals surface area contributed by atoms with Crippen molar-refractivity contribution in [3.05, 3.63) is 42.2 Å². The zero-order chi connectivity index (χ0) is 13.7. The lowest BCUT2D eigenvalue weighted by atomic mass is 10.2. The van der Waals surface area contributed by atoms with Crippen molar-refractivity contribution in [1.82, 2.24) is 9.78 Å². The monoisotopic (exact) mass is 267 g/mol. The van der Waals surface area contributed by atoms with E-state index in [1.54, 1.807) is 29.1 Å². The molecule has 0 fully saturated rings. The van der Waals surface area contributed by atoms with Crippen LogP contribution in [0.3, 0.4) is 0 Å². The van der Waals surface area contributed by atoms with Crippen LogP contribution in [0.5, 0.6) is 5.75 Å². The summed E-state index contributed by atoms with van der Waals surface area (Å²) in [5.41, 5.74) is 1.51. The van der Waals surface area contributed by atoms with Gasteiger partial charge >= 0.3 is 6.61 Å². The van der Waals surface area contributed by atoms with Gasteiger partial charge in [0.1, 0.15) is 5.75 Å². The van der Waals surface area contributed by atoms with Crippen molar-refractivity contribution in [2.75, 3.05) is 5.32 Å². The van der Waals surface area contributed by atoms with Crippen LogP contribution in [0, 0.1) is 0 Å². The Bertz CT molecular complexity index is 528. The number of alkyl halides is 2. The molecular weight excluding hydrogens is 252 g/mol. The third-order valence-corrected chi connectivity index (χ3v) is 2.60. The highest BCUT2D eigenvalue weighted by Gasteiger charge is 2.08. The number of aromatic nitrogens is 2. The lowest BCUT2D eigenvalue weighted by molar-refractivity contribution is -0.0493. The van der Waals surface area contributed by atoms with Crippen LogP contribution in [0.25, 0.3) is 0 Å². The summed E-state index contributed by atoms with van der Waals surface area (Å²) in [6.45, 7) is 0.468. The molecule has 0 unspecified atom stereocenters. The van der Waals surface area contributed by atoms with E-state index in [0.717, 1.165) is 12.1 Å². The number of aryl methyl sites for hydroxylation is 1. The molecule has 0 bridgehead atoms. The second-order valence-corrected chi connectivity index (χ2v) is 3.93. The van der Waals surface area contributed by atoms with Gasteiger partial charge < -0.3 is 10.1 Å². The van der Waals surface area contributed by atoms with Gasteiger partial charge in [0, 0.05) is 24.8 Å². The summed E-state index contributed by atoms with van der Waals surface area (Å²) in [5.74, 6) is 0.139. The average molecular weight is 267 g/mol. The molecule has 0 spiro atoms. The zero-order valence-corrected chi connectivity index (χ0v) is 10.5. The van der Waals surface area contributed by atoms with Gasteiger partial charge in [0.15, 0.2) is 0 Å². The number of nitrogens with zero attached hydrogens (tertiary/aromatic N) is 2. The van der Waals surface area contributed by atoms with Crippen LogP contribution in [0.15, 0.2) is 36.7 Å². The largest absolute Gasteiger partial charge is 0.433 e. The Morgan fingerprint density at radius 2 is 2.16 bits per heavy atom. The van der Waals surface area contributed by atoms with Crippen molar-refractivity contribution >= 4 is 5.69 Å². The van der Waals surface area contributed by atoms with Gasteiger partial charge in [-0.05, 0) is 19.1 Å². The molecule has 0 aliphatic carbocycles. The first-order valence-corrected chi connectivity index (χ1v) is 5.98. The minimum Gasteiger partial charge on any atom is -0.433 e. The summed E-state index contributed by atoms with van der Waals surface area (Å²) < 4.78 is 30.7. The normalized spacial score (nSPS) is 10.7. The van der Waals surface area contributed by atoms with E-state index in [2.05, 4.69) is 15.2 Å². The standard InChI is InChI=1S/C13H15F2N3O/c1-2-18-9-10(8-17-18)7-16-11-5-3-4-6-12(11)19-13(14)15/h3-6,8-9,13,16H,2,7H2,1H3. The van der Waals surface area contributed by atoms with Gasteiger partial charge in [-0.1, -0.05) is 12.1 Å². The third-order valence-electron chi connectivity index (χ3n) is 2.60. The molecule has 0 aliphatic heterocycles. The number of ether oxygens (including phenoxy) is 1. The van der Waals surface area contributed by atoms with Crippen LogP contribution in [0.4, 0.5) is 14.5 Å². The number of rotatable bonds is 6. The Morgan fingerprint density at radius 1 is 1.37 bits per heavy atom. The van der Waals surface area contributed by atoms with Gasteiger partial charge in [0.2, 0.25) is 0 Å². The van der Waals surface area contributed by atoms with E-state index in [0.29, 0.717) is 12.2 Å². The highest BCUT2D eigenvalue weighted by atomic mass is 19.3. The van der Waals surface area contributed by atoms with Crippen molar-refractivity contribution in [2.24, 2.45) is 0 Å². The fourth-order valence-electron chi connectivity index (χ4n) is 1.68. The van der Waals surface area contributed by atoms with Crippen LogP contribution in [-0.4, -0.2) is 16.4 Å². The van der Waals surface area contributed by atoms with Gasteiger partial charge in [-0.15, -0.1) is 0 Å². The fraction of sp³-hybridized carbons (Fsp3) is 0.308. The van der Waals surface area contributed by atoms with Gasteiger partial charge in [-0.25, -0.2) is 0 Å². The molecule has 1 N–H and O–H groups in total. The van der Waals surface area contributed by atoms with Gasteiger partial charge in [-0.3, -0.25) is 4.68 Å². The number of anilines is 1. The smallest absolute Gasteiger partial charge is 0.387 e. The summed E-state index contributed by atoms with van der Waals surface area (Å²) in [6, 6.07) is 6.61. The van der Waals surface area contributed by atoms with Crippen molar-refractivity contribution < 1.29 is 13.5 Å². The number of halogens is 2. The summed E-state index contributed by atoms with van der Waals surface area (Å²) in [5, 5.41) is 7.20. The van der Waals surface area contributed by atoms with Crippen LogP contribution in [0.2, 0.25) is 0 Å². The van der Waals surface area contributed by atoms with Crippen LogP contribution >= 0.6 is 0 Å². The number of nitrogens with one attached hydrogen (secondary N) is 1. The maximum Gasteiger partial charge on any atom is 0.387 e. The molecule has 2 rings (SSSR count). The first-order valence-electron chi connectivity index (χ1n) is 5.98. The van der Waals surface area contributed by atoms with Crippen LogP contribution in [0.1, 0.15) is 12.5 Å². The molecule has 0 aliphatic rings. The lowest BCUT2D eigenvalue weighted by Crippen LogP contribution is -2.06. The van der Waals surface area contributed by atoms with E-state index in [1.165, 1.54) is 6.07 Å². The minimum absolute atomic E-state index is 0.139. The molecule has 19 heavy (non-hydrogen) atoms. The van der Waals surface area contributed by atoms with E-state index in [1.807, 2.05) is 13.1 Å². The average Bonchev–Trinajstić information content (AvgIpc) is 2.85. The second kappa shape index (κ2) is 6.17. The summed E-state index contributed by atoms with van der Waals surface area (Å²) in [7, 11) is 0. The molecule has 0 saturated carbocycles. The first-order chi connectivity index (χ1) is 9.19. The molecule has 1 heterocycles. The van der Waals surface area contributed by atoms with Crippen molar-refractivity contribution in [3.63, 3.8) is 0 Å². The lowest BCUT2D eigenvalue weighted by Gasteiger charge is -2.11. The van der Waals surface area contributed by atoms with E-state index in [4.69, 9.17) is 0 Å². The molecule has 102 valence electrons. The Kier molecular flexibility index (Phi) is 4.33. The Labute approximate surface area is 110 Å². The molecule has 1 aromatic heterocycles. The van der Waals surface area contributed by atoms with E-state index in [-0.39, 0.29) is 5.75 Å². The highest BCUT2D eigenvalue weighted by molar-refractivity contribution is 5.56. The van der Waals surface area contributed by atoms with Crippen LogP contribution in [-0.2, 0) is 13.1 Å². The van der Waals surface area contributed by atoms with Crippen LogP contribution < -0.4 is 10.1 Å². The molecule has 0 amide bonds. The molecule has 0 atom stereocenters. The van der Waals surface area contributed by atoms with Crippen molar-refractivity contribution in [3.8, 4) is 5.75 Å². The molecule has 0 radical (unpaired) electrons. The maximum absolute atomic E-state index is 12.2. The summed E-state index contributed by atoms with van der Waals surface area (Å²) >= 11 is 0. The van der Waals surface area contributed by atoms with Gasteiger partial charge in [-0.2, -0.15) is 13.9 Å². The number of hydrogen-bond donors (Lipinski definition) is 1. The number of benzene rings is 1. The molecule has 1 aromatic carbocycles. The van der Waals surface area contributed by atoms with E-state index in [9.17, 15) is 8.78 Å². The quantitative estimate of drug-likeness (QED) is 0.874. The Hall–Kier alpha value is -2.11. The molecule has 2 aromatic rings. The Morgan fingerprint density at radius 3 is 2.84 bits per heavy atom. The van der Waals surface area contributed by atoms with E-state index < -0.39 is 6.61 Å². The molecule has 6 heteroatoms. The van der Waals surface area contributed by atoms with Gasteiger partial charge in [0.25, 0.3) is 0 Å². The SMILES string of the molecule is CCn1cc(CNc2ccccc2OC(F)F)cn1. The minimum atomic E-state index is -2.83. The predicted octanol–water partition coefficient (Wildman–Crippen LogP) is 3.12. The summed E-state index contributed by atoms with van der Waals surface area (Å²) in [4.78, 5) is 0. The topological polar surface area (TPSA) is 39.1 Å². The predicted molar refractivity (Wildman–Crippen MR) is 68.3 cm³/mol.